The molecule has 0 spiro atoms. The van der Waals surface area contributed by atoms with Gasteiger partial charge < -0.3 is 15.2 Å². The smallest absolute Gasteiger partial charge is 0.119 e. The van der Waals surface area contributed by atoms with Crippen LogP contribution in [0.5, 0.6) is 5.75 Å². The second-order valence-electron chi connectivity index (χ2n) is 5.36. The third kappa shape index (κ3) is 4.00. The molecule has 0 heterocycles. The molecule has 2 N–H and O–H groups in total. The second kappa shape index (κ2) is 6.21. The van der Waals surface area contributed by atoms with Gasteiger partial charge in [-0.1, -0.05) is 26.0 Å². The molecule has 3 heteroatoms. The van der Waals surface area contributed by atoms with E-state index in [-0.39, 0.29) is 12.6 Å². The van der Waals surface area contributed by atoms with E-state index < -0.39 is 0 Å². The molecular weight excluding hydrogens is 226 g/mol. The first-order valence-electron chi connectivity index (χ1n) is 6.78. The number of hydrogen-bond donors (Lipinski definition) is 2. The lowest BCUT2D eigenvalue weighted by molar-refractivity contribution is 0.182. The van der Waals surface area contributed by atoms with E-state index in [9.17, 15) is 5.11 Å². The monoisotopic (exact) mass is 249 g/mol. The summed E-state index contributed by atoms with van der Waals surface area (Å²) in [4.78, 5) is 0. The van der Waals surface area contributed by atoms with Crippen molar-refractivity contribution in [1.29, 1.82) is 0 Å². The van der Waals surface area contributed by atoms with E-state index in [0.29, 0.717) is 18.6 Å². The fourth-order valence-electron chi connectivity index (χ4n) is 1.90. The van der Waals surface area contributed by atoms with Crippen molar-refractivity contribution >= 4 is 0 Å². The van der Waals surface area contributed by atoms with Crippen molar-refractivity contribution in [3.8, 4) is 5.75 Å². The van der Waals surface area contributed by atoms with Crippen molar-refractivity contribution in [3.05, 3.63) is 29.8 Å². The number of rotatable bonds is 7. The van der Waals surface area contributed by atoms with Crippen LogP contribution in [0.4, 0.5) is 0 Å². The maximum atomic E-state index is 9.28. The normalized spacial score (nSPS) is 16.9. The highest BCUT2D eigenvalue weighted by Gasteiger charge is 2.24. The van der Waals surface area contributed by atoms with Crippen LogP contribution >= 0.6 is 0 Å². The Kier molecular flexibility index (Phi) is 4.61. The average Bonchev–Trinajstić information content (AvgIpc) is 3.18. The Morgan fingerprint density at radius 2 is 2.17 bits per heavy atom. The van der Waals surface area contributed by atoms with Crippen LogP contribution in [-0.4, -0.2) is 30.4 Å². The Morgan fingerprint density at radius 3 is 2.78 bits per heavy atom. The zero-order chi connectivity index (χ0) is 13.0. The van der Waals surface area contributed by atoms with Crippen LogP contribution in [0.25, 0.3) is 0 Å². The maximum Gasteiger partial charge on any atom is 0.119 e. The van der Waals surface area contributed by atoms with Crippen LogP contribution in [0.1, 0.15) is 38.2 Å². The summed E-state index contributed by atoms with van der Waals surface area (Å²) in [6, 6.07) is 8.82. The van der Waals surface area contributed by atoms with Gasteiger partial charge in [0.25, 0.3) is 0 Å². The quantitative estimate of drug-likeness (QED) is 0.779. The number of ether oxygens (including phenoxy) is 1. The maximum absolute atomic E-state index is 9.28. The molecular formula is C15H23NO2. The largest absolute Gasteiger partial charge is 0.492 e. The molecule has 0 saturated heterocycles. The Bertz CT molecular complexity index is 375. The third-order valence-corrected chi connectivity index (χ3v) is 3.25. The minimum atomic E-state index is 0.0419. The van der Waals surface area contributed by atoms with Crippen LogP contribution in [0.3, 0.4) is 0 Å². The van der Waals surface area contributed by atoms with Gasteiger partial charge in [-0.3, -0.25) is 0 Å². The number of nitrogens with one attached hydrogen (secondary N) is 1. The molecule has 1 fully saturated rings. The molecule has 1 aliphatic carbocycles. The van der Waals surface area contributed by atoms with E-state index in [1.54, 1.807) is 0 Å². The molecule has 2 rings (SSSR count). The van der Waals surface area contributed by atoms with E-state index >= 15 is 0 Å². The topological polar surface area (TPSA) is 41.5 Å². The van der Waals surface area contributed by atoms with Crippen LogP contribution in [0.2, 0.25) is 0 Å². The minimum absolute atomic E-state index is 0.0419. The molecule has 0 aromatic heterocycles. The summed E-state index contributed by atoms with van der Waals surface area (Å²) in [7, 11) is 0. The highest BCUT2D eigenvalue weighted by molar-refractivity contribution is 5.30. The minimum Gasteiger partial charge on any atom is -0.492 e. The zero-order valence-corrected chi connectivity index (χ0v) is 11.2. The number of hydrogen-bond acceptors (Lipinski definition) is 3. The molecule has 18 heavy (non-hydrogen) atoms. The third-order valence-electron chi connectivity index (χ3n) is 3.25. The number of benzene rings is 1. The van der Waals surface area contributed by atoms with Gasteiger partial charge in [0.15, 0.2) is 0 Å². The van der Waals surface area contributed by atoms with Crippen molar-refractivity contribution < 1.29 is 9.84 Å². The molecule has 1 aromatic carbocycles. The van der Waals surface area contributed by atoms with E-state index in [1.807, 2.05) is 12.1 Å². The fourth-order valence-corrected chi connectivity index (χ4v) is 1.90. The van der Waals surface area contributed by atoms with Gasteiger partial charge in [-0.2, -0.15) is 0 Å². The summed E-state index contributed by atoms with van der Waals surface area (Å²) in [6.45, 7) is 4.99. The van der Waals surface area contributed by atoms with Gasteiger partial charge in [-0.25, -0.2) is 0 Å². The lowest BCUT2D eigenvalue weighted by Gasteiger charge is -2.17. The van der Waals surface area contributed by atoms with E-state index in [0.717, 1.165) is 5.75 Å². The number of aliphatic hydroxyl groups excluding tert-OH is 1. The van der Waals surface area contributed by atoms with Crippen molar-refractivity contribution in [3.63, 3.8) is 0 Å². The van der Waals surface area contributed by atoms with Gasteiger partial charge in [0.1, 0.15) is 12.4 Å². The summed E-state index contributed by atoms with van der Waals surface area (Å²) in [5.41, 5.74) is 1.28. The van der Waals surface area contributed by atoms with Crippen molar-refractivity contribution in [1.82, 2.24) is 5.32 Å². The molecule has 0 amide bonds. The van der Waals surface area contributed by atoms with Gasteiger partial charge in [0, 0.05) is 6.04 Å². The SMILES string of the molecule is CC(C)c1cccc(OCC(CO)NC2CC2)c1. The highest BCUT2D eigenvalue weighted by atomic mass is 16.5. The first kappa shape index (κ1) is 13.4. The molecule has 3 nitrogen and oxygen atoms in total. The summed E-state index contributed by atoms with van der Waals surface area (Å²) < 4.78 is 5.76. The summed E-state index contributed by atoms with van der Waals surface area (Å²) in [5.74, 6) is 1.39. The molecule has 1 aliphatic rings. The average molecular weight is 249 g/mol. The molecule has 0 radical (unpaired) electrons. The molecule has 0 bridgehead atoms. The lowest BCUT2D eigenvalue weighted by atomic mass is 10.0. The fraction of sp³-hybridized carbons (Fsp3) is 0.600. The second-order valence-corrected chi connectivity index (χ2v) is 5.36. The van der Waals surface area contributed by atoms with Crippen molar-refractivity contribution in [2.24, 2.45) is 0 Å². The molecule has 1 saturated carbocycles. The Balaban J connectivity index is 1.85. The predicted molar refractivity (Wildman–Crippen MR) is 73.1 cm³/mol. The summed E-state index contributed by atoms with van der Waals surface area (Å²) >= 11 is 0. The molecule has 0 aliphatic heterocycles. The van der Waals surface area contributed by atoms with Gasteiger partial charge in [0.05, 0.1) is 12.6 Å². The van der Waals surface area contributed by atoms with Crippen molar-refractivity contribution in [2.45, 2.75) is 44.7 Å². The molecule has 1 atom stereocenters. The van der Waals surface area contributed by atoms with Gasteiger partial charge in [-0.05, 0) is 36.5 Å². The van der Waals surface area contributed by atoms with Crippen molar-refractivity contribution in [2.75, 3.05) is 13.2 Å². The molecule has 1 aromatic rings. The van der Waals surface area contributed by atoms with Crippen LogP contribution in [0.15, 0.2) is 24.3 Å². The molecule has 1 unspecified atom stereocenters. The van der Waals surface area contributed by atoms with Gasteiger partial charge in [-0.15, -0.1) is 0 Å². The van der Waals surface area contributed by atoms with Crippen LogP contribution in [-0.2, 0) is 0 Å². The van der Waals surface area contributed by atoms with Gasteiger partial charge >= 0.3 is 0 Å². The first-order valence-corrected chi connectivity index (χ1v) is 6.78. The Morgan fingerprint density at radius 1 is 1.39 bits per heavy atom. The van der Waals surface area contributed by atoms with Crippen LogP contribution in [0, 0.1) is 0 Å². The molecule has 100 valence electrons. The number of aliphatic hydroxyl groups is 1. The van der Waals surface area contributed by atoms with Crippen LogP contribution < -0.4 is 10.1 Å². The van der Waals surface area contributed by atoms with E-state index in [1.165, 1.54) is 18.4 Å². The first-order chi connectivity index (χ1) is 8.69. The van der Waals surface area contributed by atoms with E-state index in [2.05, 4.69) is 31.3 Å². The summed E-state index contributed by atoms with van der Waals surface area (Å²) in [6.07, 6.45) is 2.44. The highest BCUT2D eigenvalue weighted by Crippen LogP contribution is 2.21. The van der Waals surface area contributed by atoms with E-state index in [4.69, 9.17) is 4.74 Å². The zero-order valence-electron chi connectivity index (χ0n) is 11.2. The predicted octanol–water partition coefficient (Wildman–Crippen LogP) is 2.30. The standard InChI is InChI=1S/C15H23NO2/c1-11(2)12-4-3-5-15(8-12)18-10-14(9-17)16-13-6-7-13/h3-5,8,11,13-14,16-17H,6-7,9-10H2,1-2H3. The Hall–Kier alpha value is -1.06. The lowest BCUT2D eigenvalue weighted by Crippen LogP contribution is -2.39. The van der Waals surface area contributed by atoms with Gasteiger partial charge in [0.2, 0.25) is 0 Å². The Labute approximate surface area is 109 Å². The summed E-state index contributed by atoms with van der Waals surface area (Å²) in [5, 5.41) is 12.7.